The summed E-state index contributed by atoms with van der Waals surface area (Å²) in [5, 5.41) is 5.44. The van der Waals surface area contributed by atoms with E-state index in [4.69, 9.17) is 0 Å². The molecule has 0 aliphatic carbocycles. The smallest absolute Gasteiger partial charge is 0.272 e. The average Bonchev–Trinajstić information content (AvgIpc) is 2.69. The van der Waals surface area contributed by atoms with Crippen LogP contribution in [-0.4, -0.2) is 65.7 Å². The van der Waals surface area contributed by atoms with E-state index in [0.717, 1.165) is 13.1 Å². The highest BCUT2D eigenvalue weighted by Gasteiger charge is 2.22. The molecular formula is C20H23N5O3. The summed E-state index contributed by atoms with van der Waals surface area (Å²) in [6.45, 7) is 4.36. The zero-order valence-electron chi connectivity index (χ0n) is 15.9. The molecule has 2 N–H and O–H groups in total. The molecule has 8 heteroatoms. The van der Waals surface area contributed by atoms with Crippen molar-refractivity contribution >= 4 is 29.1 Å². The maximum Gasteiger partial charge on any atom is 0.272 e. The topological polar surface area (TPSA) is 94.6 Å². The summed E-state index contributed by atoms with van der Waals surface area (Å²) >= 11 is 0. The van der Waals surface area contributed by atoms with Crippen LogP contribution in [0.3, 0.4) is 0 Å². The number of carbonyl (C=O) groups excluding carboxylic acids is 3. The first-order valence-electron chi connectivity index (χ1n) is 9.05. The minimum absolute atomic E-state index is 0.161. The van der Waals surface area contributed by atoms with Gasteiger partial charge in [0.2, 0.25) is 5.91 Å². The van der Waals surface area contributed by atoms with Gasteiger partial charge in [-0.2, -0.15) is 0 Å². The van der Waals surface area contributed by atoms with Crippen molar-refractivity contribution in [2.75, 3.05) is 43.9 Å². The van der Waals surface area contributed by atoms with Crippen LogP contribution in [-0.2, 0) is 4.79 Å². The van der Waals surface area contributed by atoms with Crippen LogP contribution in [0.2, 0.25) is 0 Å². The molecule has 1 aromatic carbocycles. The highest BCUT2D eigenvalue weighted by Crippen LogP contribution is 2.15. The van der Waals surface area contributed by atoms with Gasteiger partial charge in [-0.15, -0.1) is 0 Å². The summed E-state index contributed by atoms with van der Waals surface area (Å²) in [6.07, 6.45) is 1.47. The summed E-state index contributed by atoms with van der Waals surface area (Å²) < 4.78 is 0. The molecule has 0 radical (unpaired) electrons. The third-order valence-corrected chi connectivity index (χ3v) is 4.49. The summed E-state index contributed by atoms with van der Waals surface area (Å²) in [5.74, 6) is -0.657. The van der Waals surface area contributed by atoms with Crippen molar-refractivity contribution in [3.05, 3.63) is 53.9 Å². The van der Waals surface area contributed by atoms with E-state index >= 15 is 0 Å². The second-order valence-electron chi connectivity index (χ2n) is 6.74. The first kappa shape index (κ1) is 19.5. The monoisotopic (exact) mass is 381 g/mol. The highest BCUT2D eigenvalue weighted by molar-refractivity contribution is 6.05. The largest absolute Gasteiger partial charge is 0.335 e. The van der Waals surface area contributed by atoms with Crippen LogP contribution in [0.1, 0.15) is 27.8 Å². The number of pyridine rings is 1. The van der Waals surface area contributed by atoms with E-state index in [1.165, 1.54) is 19.2 Å². The Morgan fingerprint density at radius 1 is 0.929 bits per heavy atom. The number of anilines is 2. The van der Waals surface area contributed by atoms with Crippen LogP contribution in [0.25, 0.3) is 0 Å². The number of hydrogen-bond acceptors (Lipinski definition) is 5. The molecule has 2 heterocycles. The number of nitrogens with zero attached hydrogens (tertiary/aromatic N) is 3. The number of aromatic nitrogens is 1. The number of amides is 3. The molecule has 28 heavy (non-hydrogen) atoms. The van der Waals surface area contributed by atoms with Crippen molar-refractivity contribution in [2.45, 2.75) is 6.92 Å². The molecule has 0 spiro atoms. The molecule has 2 aromatic rings. The normalized spacial score (nSPS) is 14.4. The van der Waals surface area contributed by atoms with Crippen molar-refractivity contribution in [1.29, 1.82) is 0 Å². The molecule has 1 aliphatic heterocycles. The maximum absolute atomic E-state index is 12.6. The molecule has 1 aliphatic rings. The minimum Gasteiger partial charge on any atom is -0.335 e. The highest BCUT2D eigenvalue weighted by atomic mass is 16.2. The van der Waals surface area contributed by atoms with E-state index < -0.39 is 0 Å². The Balaban J connectivity index is 1.66. The van der Waals surface area contributed by atoms with E-state index in [1.54, 1.807) is 35.2 Å². The maximum atomic E-state index is 12.6. The Morgan fingerprint density at radius 2 is 1.54 bits per heavy atom. The Kier molecular flexibility index (Phi) is 6.00. The molecule has 8 nitrogen and oxygen atoms in total. The fourth-order valence-corrected chi connectivity index (χ4v) is 2.90. The third-order valence-electron chi connectivity index (χ3n) is 4.49. The van der Waals surface area contributed by atoms with Crippen molar-refractivity contribution in [2.24, 2.45) is 0 Å². The number of hydrogen-bond donors (Lipinski definition) is 2. The van der Waals surface area contributed by atoms with Gasteiger partial charge in [0.1, 0.15) is 5.69 Å². The minimum atomic E-state index is -0.331. The third kappa shape index (κ3) is 4.92. The van der Waals surface area contributed by atoms with Crippen LogP contribution < -0.4 is 10.6 Å². The molecule has 146 valence electrons. The summed E-state index contributed by atoms with van der Waals surface area (Å²) in [5.41, 5.74) is 1.86. The van der Waals surface area contributed by atoms with E-state index in [-0.39, 0.29) is 23.4 Å². The number of benzene rings is 1. The Bertz CT molecular complexity index is 874. The second-order valence-corrected chi connectivity index (χ2v) is 6.74. The Labute approximate surface area is 163 Å². The lowest BCUT2D eigenvalue weighted by molar-refractivity contribution is -0.114. The Hall–Kier alpha value is -3.26. The van der Waals surface area contributed by atoms with Gasteiger partial charge < -0.3 is 20.4 Å². The molecule has 3 rings (SSSR count). The average molecular weight is 381 g/mol. The molecule has 0 unspecified atom stereocenters. The van der Waals surface area contributed by atoms with Crippen LogP contribution >= 0.6 is 0 Å². The van der Waals surface area contributed by atoms with Crippen LogP contribution in [0, 0.1) is 0 Å². The van der Waals surface area contributed by atoms with E-state index in [9.17, 15) is 14.4 Å². The standard InChI is InChI=1S/C20H23N5O3/c1-14(26)22-16-3-5-17(6-4-16)23-19(27)15-7-8-21-18(13-15)20(28)25-11-9-24(2)10-12-25/h3-8,13H,9-12H2,1-2H3,(H,22,26)(H,23,27). The van der Waals surface area contributed by atoms with Crippen molar-refractivity contribution in [1.82, 2.24) is 14.8 Å². The quantitative estimate of drug-likeness (QED) is 0.840. The first-order chi connectivity index (χ1) is 13.4. The SMILES string of the molecule is CC(=O)Nc1ccc(NC(=O)c2ccnc(C(=O)N3CCN(C)CC3)c2)cc1. The van der Waals surface area contributed by atoms with Gasteiger partial charge in [0.05, 0.1) is 0 Å². The number of carbonyl (C=O) groups is 3. The van der Waals surface area contributed by atoms with Crippen molar-refractivity contribution in [3.8, 4) is 0 Å². The molecule has 3 amide bonds. The lowest BCUT2D eigenvalue weighted by Crippen LogP contribution is -2.47. The van der Waals surface area contributed by atoms with Gasteiger partial charge in [0, 0.05) is 56.2 Å². The fraction of sp³-hybridized carbons (Fsp3) is 0.300. The van der Waals surface area contributed by atoms with Crippen molar-refractivity contribution in [3.63, 3.8) is 0 Å². The summed E-state index contributed by atoms with van der Waals surface area (Å²) in [6, 6.07) is 9.88. The molecule has 1 saturated heterocycles. The zero-order valence-corrected chi connectivity index (χ0v) is 15.9. The fourth-order valence-electron chi connectivity index (χ4n) is 2.90. The predicted octanol–water partition coefficient (Wildman–Crippen LogP) is 1.68. The molecular weight excluding hydrogens is 358 g/mol. The lowest BCUT2D eigenvalue weighted by atomic mass is 10.2. The molecule has 1 aromatic heterocycles. The van der Waals surface area contributed by atoms with Gasteiger partial charge in [0.15, 0.2) is 0 Å². The van der Waals surface area contributed by atoms with Crippen molar-refractivity contribution < 1.29 is 14.4 Å². The first-order valence-corrected chi connectivity index (χ1v) is 9.05. The van der Waals surface area contributed by atoms with E-state index in [2.05, 4.69) is 20.5 Å². The molecule has 0 saturated carbocycles. The number of likely N-dealkylation sites (N-methyl/N-ethyl adjacent to an activating group) is 1. The Morgan fingerprint density at radius 3 is 2.14 bits per heavy atom. The summed E-state index contributed by atoms with van der Waals surface area (Å²) in [4.78, 5) is 44.3. The number of rotatable bonds is 4. The van der Waals surface area contributed by atoms with Gasteiger partial charge in [-0.05, 0) is 43.4 Å². The van der Waals surface area contributed by atoms with Gasteiger partial charge in [-0.25, -0.2) is 0 Å². The predicted molar refractivity (Wildman–Crippen MR) is 106 cm³/mol. The zero-order chi connectivity index (χ0) is 20.1. The second kappa shape index (κ2) is 8.62. The van der Waals surface area contributed by atoms with Gasteiger partial charge in [0.25, 0.3) is 11.8 Å². The number of piperazine rings is 1. The van der Waals surface area contributed by atoms with Gasteiger partial charge >= 0.3 is 0 Å². The van der Waals surface area contributed by atoms with Crippen LogP contribution in [0.15, 0.2) is 42.6 Å². The molecule has 1 fully saturated rings. The number of nitrogens with one attached hydrogen (secondary N) is 2. The van der Waals surface area contributed by atoms with Crippen LogP contribution in [0.5, 0.6) is 0 Å². The van der Waals surface area contributed by atoms with E-state index in [0.29, 0.717) is 30.0 Å². The molecule has 0 atom stereocenters. The van der Waals surface area contributed by atoms with Crippen LogP contribution in [0.4, 0.5) is 11.4 Å². The van der Waals surface area contributed by atoms with E-state index in [1.807, 2.05) is 7.05 Å². The van der Waals surface area contributed by atoms with Gasteiger partial charge in [-0.1, -0.05) is 0 Å². The lowest BCUT2D eigenvalue weighted by Gasteiger charge is -2.32. The van der Waals surface area contributed by atoms with Gasteiger partial charge in [-0.3, -0.25) is 19.4 Å². The molecule has 0 bridgehead atoms. The summed E-state index contributed by atoms with van der Waals surface area (Å²) in [7, 11) is 2.02.